The molecule has 1 amide bonds. The summed E-state index contributed by atoms with van der Waals surface area (Å²) in [4.78, 5) is 93.0. The number of carboxylic acids is 3. The van der Waals surface area contributed by atoms with Crippen LogP contribution in [-0.4, -0.2) is 122 Å². The molecule has 0 heterocycles. The fourth-order valence-corrected chi connectivity index (χ4v) is 5.99. The summed E-state index contributed by atoms with van der Waals surface area (Å²) >= 11 is 0. The van der Waals surface area contributed by atoms with E-state index in [1.165, 1.54) is 26.2 Å². The van der Waals surface area contributed by atoms with Gasteiger partial charge in [0.1, 0.15) is 24.8 Å². The molecule has 16 heteroatoms. The maximum atomic E-state index is 12.4. The van der Waals surface area contributed by atoms with Gasteiger partial charge in [0.2, 0.25) is 5.91 Å². The Morgan fingerprint density at radius 2 is 0.879 bits per heavy atom. The number of ketones is 4. The van der Waals surface area contributed by atoms with E-state index in [9.17, 15) is 48.6 Å². The van der Waals surface area contributed by atoms with Crippen molar-refractivity contribution < 1.29 is 72.6 Å². The van der Waals surface area contributed by atoms with Gasteiger partial charge in [0, 0.05) is 58.1 Å². The Labute approximate surface area is 343 Å². The van der Waals surface area contributed by atoms with Crippen molar-refractivity contribution in [2.24, 2.45) is 11.8 Å². The number of hydrogen-bond acceptors (Lipinski definition) is 12. The Kier molecular flexibility index (Phi) is 35.3. The highest BCUT2D eigenvalue weighted by Crippen LogP contribution is 2.17. The first-order valence-electron chi connectivity index (χ1n) is 21.1. The van der Waals surface area contributed by atoms with Gasteiger partial charge in [-0.2, -0.15) is 0 Å². The normalized spacial score (nSPS) is 12.2. The highest BCUT2D eigenvalue weighted by molar-refractivity contribution is 5.85. The van der Waals surface area contributed by atoms with E-state index in [1.54, 1.807) is 0 Å². The third-order valence-electron chi connectivity index (χ3n) is 9.39. The van der Waals surface area contributed by atoms with Crippen LogP contribution in [0, 0.1) is 11.8 Å². The minimum atomic E-state index is -1.12. The minimum absolute atomic E-state index is 0.0126. The molecule has 334 valence electrons. The second-order valence-electron chi connectivity index (χ2n) is 14.8. The summed E-state index contributed by atoms with van der Waals surface area (Å²) < 4.78 is 21.3. The van der Waals surface area contributed by atoms with Crippen LogP contribution >= 0.6 is 0 Å². The standard InChI is InChI=1S/C42H71NO15/c1-33(44)18-19-34(41(51)52)30-38(47)32-58-27-25-55-23-14-16-37(46)31-57-28-26-56-24-22-43-39(48)21-20-35(42(53)54)29-36(45)15-12-10-8-6-4-2-3-5-7-9-11-13-17-40(49)50/h34-35H,2-32H2,1H3,(H,43,48)(H,49,50)(H,51,52)(H,53,54)/t34-,35-/m1/s1. The number of carbonyl (C=O) groups excluding carboxylic acids is 5. The van der Waals surface area contributed by atoms with Crippen molar-refractivity contribution in [2.45, 2.75) is 148 Å². The van der Waals surface area contributed by atoms with Gasteiger partial charge < -0.3 is 44.4 Å². The summed E-state index contributed by atoms with van der Waals surface area (Å²) in [7, 11) is 0. The number of amides is 1. The summed E-state index contributed by atoms with van der Waals surface area (Å²) in [6, 6.07) is 0. The molecule has 0 aliphatic carbocycles. The molecular formula is C42H71NO15. The molecule has 0 aliphatic heterocycles. The summed E-state index contributed by atoms with van der Waals surface area (Å²) in [6.07, 6.45) is 13.8. The molecule has 2 atom stereocenters. The molecule has 0 bridgehead atoms. The molecule has 16 nitrogen and oxygen atoms in total. The van der Waals surface area contributed by atoms with Gasteiger partial charge in [-0.3, -0.25) is 33.6 Å². The molecule has 58 heavy (non-hydrogen) atoms. The number of carbonyl (C=O) groups is 8. The van der Waals surface area contributed by atoms with E-state index in [-0.39, 0.29) is 133 Å². The first-order chi connectivity index (χ1) is 27.8. The van der Waals surface area contributed by atoms with E-state index in [1.807, 2.05) is 0 Å². The van der Waals surface area contributed by atoms with E-state index in [2.05, 4.69) is 5.32 Å². The lowest BCUT2D eigenvalue weighted by atomic mass is 9.94. The fourth-order valence-electron chi connectivity index (χ4n) is 5.99. The zero-order chi connectivity index (χ0) is 43.2. The molecule has 0 saturated heterocycles. The second-order valence-corrected chi connectivity index (χ2v) is 14.8. The van der Waals surface area contributed by atoms with Crippen molar-refractivity contribution in [1.29, 1.82) is 0 Å². The van der Waals surface area contributed by atoms with E-state index < -0.39 is 29.7 Å². The Bertz CT molecular complexity index is 1190. The number of rotatable bonds is 44. The van der Waals surface area contributed by atoms with Crippen molar-refractivity contribution in [1.82, 2.24) is 5.32 Å². The molecule has 4 N–H and O–H groups in total. The van der Waals surface area contributed by atoms with Gasteiger partial charge in [-0.05, 0) is 39.0 Å². The van der Waals surface area contributed by atoms with Crippen LogP contribution in [0.5, 0.6) is 0 Å². The van der Waals surface area contributed by atoms with Crippen LogP contribution < -0.4 is 5.32 Å². The average molecular weight is 830 g/mol. The molecule has 0 unspecified atom stereocenters. The maximum Gasteiger partial charge on any atom is 0.306 e. The highest BCUT2D eigenvalue weighted by Gasteiger charge is 2.23. The van der Waals surface area contributed by atoms with Crippen LogP contribution in [0.3, 0.4) is 0 Å². The van der Waals surface area contributed by atoms with Gasteiger partial charge in [-0.15, -0.1) is 0 Å². The van der Waals surface area contributed by atoms with E-state index in [0.29, 0.717) is 19.4 Å². The first kappa shape index (κ1) is 54.4. The minimum Gasteiger partial charge on any atom is -0.481 e. The average Bonchev–Trinajstić information content (AvgIpc) is 3.16. The lowest BCUT2D eigenvalue weighted by Gasteiger charge is -2.12. The van der Waals surface area contributed by atoms with Crippen LogP contribution in [0.25, 0.3) is 0 Å². The molecule has 0 rings (SSSR count). The molecule has 0 aliphatic rings. The van der Waals surface area contributed by atoms with Crippen molar-refractivity contribution >= 4 is 46.9 Å². The third kappa shape index (κ3) is 36.7. The van der Waals surface area contributed by atoms with Crippen LogP contribution in [0.1, 0.15) is 148 Å². The van der Waals surface area contributed by atoms with Gasteiger partial charge in [0.25, 0.3) is 0 Å². The van der Waals surface area contributed by atoms with Crippen LogP contribution in [0.2, 0.25) is 0 Å². The quantitative estimate of drug-likeness (QED) is 0.0551. The van der Waals surface area contributed by atoms with E-state index in [4.69, 9.17) is 24.1 Å². The lowest BCUT2D eigenvalue weighted by molar-refractivity contribution is -0.145. The van der Waals surface area contributed by atoms with Gasteiger partial charge >= 0.3 is 17.9 Å². The van der Waals surface area contributed by atoms with Crippen molar-refractivity contribution in [2.75, 3.05) is 59.4 Å². The van der Waals surface area contributed by atoms with Crippen molar-refractivity contribution in [3.05, 3.63) is 0 Å². The number of nitrogens with one attached hydrogen (secondary N) is 1. The molecule has 0 fully saturated rings. The monoisotopic (exact) mass is 829 g/mol. The number of aliphatic carboxylic acids is 3. The molecule has 0 spiro atoms. The highest BCUT2D eigenvalue weighted by atomic mass is 16.5. The van der Waals surface area contributed by atoms with Crippen LogP contribution in [0.4, 0.5) is 0 Å². The Morgan fingerprint density at radius 1 is 0.448 bits per heavy atom. The number of Topliss-reactive ketones (excluding diaryl/α,β-unsaturated/α-hetero) is 4. The lowest BCUT2D eigenvalue weighted by Crippen LogP contribution is -2.29. The van der Waals surface area contributed by atoms with Gasteiger partial charge in [0.15, 0.2) is 11.6 Å². The molecule has 0 aromatic carbocycles. The number of carboxylic acid groups (broad SMARTS) is 3. The topological polar surface area (TPSA) is 246 Å². The number of ether oxygens (including phenoxy) is 4. The zero-order valence-electron chi connectivity index (χ0n) is 34.8. The largest absolute Gasteiger partial charge is 0.481 e. The Morgan fingerprint density at radius 3 is 1.40 bits per heavy atom. The number of unbranched alkanes of at least 4 members (excludes halogenated alkanes) is 11. The zero-order valence-corrected chi connectivity index (χ0v) is 34.8. The molecule has 0 radical (unpaired) electrons. The Hall–Kier alpha value is -3.60. The summed E-state index contributed by atoms with van der Waals surface area (Å²) in [6.45, 7) is 2.53. The smallest absolute Gasteiger partial charge is 0.306 e. The van der Waals surface area contributed by atoms with Gasteiger partial charge in [-0.1, -0.05) is 64.2 Å². The molecular weight excluding hydrogens is 758 g/mol. The first-order valence-corrected chi connectivity index (χ1v) is 21.1. The second kappa shape index (κ2) is 37.7. The predicted octanol–water partition coefficient (Wildman–Crippen LogP) is 5.53. The van der Waals surface area contributed by atoms with E-state index >= 15 is 0 Å². The third-order valence-corrected chi connectivity index (χ3v) is 9.39. The Balaban J connectivity index is 3.74. The van der Waals surface area contributed by atoms with E-state index in [0.717, 1.165) is 57.8 Å². The molecule has 0 aromatic heterocycles. The predicted molar refractivity (Wildman–Crippen MR) is 213 cm³/mol. The summed E-state index contributed by atoms with van der Waals surface area (Å²) in [5.41, 5.74) is 0. The molecule has 0 saturated carbocycles. The summed E-state index contributed by atoms with van der Waals surface area (Å²) in [5.74, 6) is -5.77. The fraction of sp³-hybridized carbons (Fsp3) is 0.810. The van der Waals surface area contributed by atoms with Gasteiger partial charge in [0.05, 0.1) is 44.9 Å². The SMILES string of the molecule is CC(=O)CC[C@H](CC(=O)COCCOCCCC(=O)COCCOCCNC(=O)CC[C@H](CC(=O)CCCCCCCCCCCCCCC(=O)O)C(=O)O)C(=O)O. The summed E-state index contributed by atoms with van der Waals surface area (Å²) in [5, 5.41) is 30.1. The van der Waals surface area contributed by atoms with Crippen molar-refractivity contribution in [3.8, 4) is 0 Å². The van der Waals surface area contributed by atoms with Crippen LogP contribution in [-0.2, 0) is 57.3 Å². The molecule has 0 aromatic rings. The number of hydrogen-bond donors (Lipinski definition) is 4. The van der Waals surface area contributed by atoms with Crippen molar-refractivity contribution in [3.63, 3.8) is 0 Å². The van der Waals surface area contributed by atoms with Gasteiger partial charge in [-0.25, -0.2) is 0 Å². The van der Waals surface area contributed by atoms with Crippen LogP contribution in [0.15, 0.2) is 0 Å². The maximum absolute atomic E-state index is 12.4.